The fourth-order valence-corrected chi connectivity index (χ4v) is 3.48. The van der Waals surface area contributed by atoms with Crippen LogP contribution in [0.2, 0.25) is 0 Å². The molecule has 2 aliphatic rings. The first-order valence-electron chi connectivity index (χ1n) is 7.55. The summed E-state index contributed by atoms with van der Waals surface area (Å²) in [5.41, 5.74) is 2.43. The molecular formula is C15H20ClN5O. The van der Waals surface area contributed by atoms with Crippen LogP contribution in [-0.2, 0) is 7.05 Å². The number of nitrogens with one attached hydrogen (secondary N) is 1. The van der Waals surface area contributed by atoms with Crippen LogP contribution < -0.4 is 5.32 Å². The second-order valence-electron chi connectivity index (χ2n) is 6.09. The van der Waals surface area contributed by atoms with Crippen LogP contribution in [0.15, 0.2) is 18.2 Å². The lowest BCUT2D eigenvalue weighted by molar-refractivity contribution is 0.0748. The Morgan fingerprint density at radius 2 is 2.09 bits per heavy atom. The molecule has 1 amide bonds. The number of rotatable bonds is 1. The number of halogens is 1. The highest BCUT2D eigenvalue weighted by atomic mass is 35.5. The topological polar surface area (TPSA) is 63.1 Å². The summed E-state index contributed by atoms with van der Waals surface area (Å²) < 4.78 is 1.72. The Labute approximate surface area is 135 Å². The number of benzene rings is 1. The first-order chi connectivity index (χ1) is 10.2. The van der Waals surface area contributed by atoms with E-state index >= 15 is 0 Å². The number of carbonyl (C=O) groups is 1. The van der Waals surface area contributed by atoms with Gasteiger partial charge in [-0.05, 0) is 37.5 Å². The summed E-state index contributed by atoms with van der Waals surface area (Å²) in [5.74, 6) is 0.108. The lowest BCUT2D eigenvalue weighted by Crippen LogP contribution is -2.39. The van der Waals surface area contributed by atoms with Gasteiger partial charge in [-0.3, -0.25) is 4.79 Å². The van der Waals surface area contributed by atoms with Gasteiger partial charge in [0.15, 0.2) is 0 Å². The maximum atomic E-state index is 12.7. The summed E-state index contributed by atoms with van der Waals surface area (Å²) in [6.07, 6.45) is 3.48. The van der Waals surface area contributed by atoms with Crippen LogP contribution in [0.4, 0.5) is 0 Å². The Hall–Kier alpha value is -1.66. The fourth-order valence-electron chi connectivity index (χ4n) is 3.48. The minimum Gasteiger partial charge on any atom is -0.337 e. The van der Waals surface area contributed by atoms with Crippen LogP contribution >= 0.6 is 12.4 Å². The Bertz CT molecular complexity index is 700. The zero-order valence-corrected chi connectivity index (χ0v) is 13.3. The molecule has 1 aromatic carbocycles. The molecule has 1 N–H and O–H groups in total. The average molecular weight is 322 g/mol. The summed E-state index contributed by atoms with van der Waals surface area (Å²) in [5, 5.41) is 11.7. The van der Waals surface area contributed by atoms with Crippen molar-refractivity contribution in [1.29, 1.82) is 0 Å². The third-order valence-electron chi connectivity index (χ3n) is 4.67. The molecule has 2 unspecified atom stereocenters. The van der Waals surface area contributed by atoms with Gasteiger partial charge in [0, 0.05) is 37.8 Å². The zero-order valence-electron chi connectivity index (χ0n) is 12.5. The van der Waals surface area contributed by atoms with Crippen LogP contribution in [-0.4, -0.2) is 51.0 Å². The quantitative estimate of drug-likeness (QED) is 0.861. The van der Waals surface area contributed by atoms with E-state index in [2.05, 4.69) is 15.6 Å². The Balaban J connectivity index is 0.00000144. The largest absolute Gasteiger partial charge is 0.337 e. The molecular weight excluding hydrogens is 302 g/mol. The average Bonchev–Trinajstić information content (AvgIpc) is 3.01. The number of hydrogen-bond donors (Lipinski definition) is 1. The molecule has 4 rings (SSSR count). The normalized spacial score (nSPS) is 24.1. The highest BCUT2D eigenvalue weighted by Gasteiger charge is 2.31. The van der Waals surface area contributed by atoms with E-state index in [1.807, 2.05) is 30.1 Å². The van der Waals surface area contributed by atoms with Crippen molar-refractivity contribution in [2.75, 3.05) is 13.1 Å². The number of amides is 1. The molecule has 1 aromatic heterocycles. The number of carbonyl (C=O) groups excluding carboxylic acids is 1. The molecule has 22 heavy (non-hydrogen) atoms. The molecule has 0 spiro atoms. The third kappa shape index (κ3) is 2.57. The molecule has 6 nitrogen and oxygen atoms in total. The van der Waals surface area contributed by atoms with E-state index in [1.54, 1.807) is 4.68 Å². The fraction of sp³-hybridized carbons (Fsp3) is 0.533. The summed E-state index contributed by atoms with van der Waals surface area (Å²) in [7, 11) is 1.86. The minimum atomic E-state index is 0. The van der Waals surface area contributed by atoms with Crippen molar-refractivity contribution in [1.82, 2.24) is 25.2 Å². The monoisotopic (exact) mass is 321 g/mol. The van der Waals surface area contributed by atoms with E-state index in [1.165, 1.54) is 12.8 Å². The van der Waals surface area contributed by atoms with Gasteiger partial charge in [0.25, 0.3) is 5.91 Å². The number of fused-ring (bicyclic) bond motifs is 3. The minimum absolute atomic E-state index is 0. The van der Waals surface area contributed by atoms with E-state index in [0.717, 1.165) is 30.5 Å². The highest BCUT2D eigenvalue weighted by Crippen LogP contribution is 2.22. The van der Waals surface area contributed by atoms with Gasteiger partial charge < -0.3 is 10.2 Å². The predicted octanol–water partition coefficient (Wildman–Crippen LogP) is 1.36. The molecule has 7 heteroatoms. The lowest BCUT2D eigenvalue weighted by atomic mass is 10.1. The van der Waals surface area contributed by atoms with E-state index in [4.69, 9.17) is 0 Å². The number of nitrogens with zero attached hydrogens (tertiary/aromatic N) is 4. The van der Waals surface area contributed by atoms with Gasteiger partial charge in [-0.15, -0.1) is 17.5 Å². The van der Waals surface area contributed by atoms with E-state index in [9.17, 15) is 4.79 Å². The molecule has 0 radical (unpaired) electrons. The van der Waals surface area contributed by atoms with E-state index in [0.29, 0.717) is 17.6 Å². The SMILES string of the molecule is Cl.Cn1nnc2cc(C(=O)N3CCC4CCC(C3)N4)ccc21. The molecule has 2 bridgehead atoms. The zero-order chi connectivity index (χ0) is 14.4. The van der Waals surface area contributed by atoms with Crippen LogP contribution in [0.5, 0.6) is 0 Å². The van der Waals surface area contributed by atoms with Crippen molar-refractivity contribution in [3.05, 3.63) is 23.8 Å². The van der Waals surface area contributed by atoms with Gasteiger partial charge in [-0.25, -0.2) is 4.68 Å². The number of hydrogen-bond acceptors (Lipinski definition) is 4. The number of aromatic nitrogens is 3. The van der Waals surface area contributed by atoms with Gasteiger partial charge in [0.05, 0.1) is 5.52 Å². The molecule has 3 heterocycles. The Morgan fingerprint density at radius 1 is 1.27 bits per heavy atom. The second kappa shape index (κ2) is 5.85. The van der Waals surface area contributed by atoms with Crippen LogP contribution in [0.25, 0.3) is 11.0 Å². The molecule has 2 aromatic rings. The molecule has 2 atom stereocenters. The van der Waals surface area contributed by atoms with Crippen LogP contribution in [0.3, 0.4) is 0 Å². The summed E-state index contributed by atoms with van der Waals surface area (Å²) in [6, 6.07) is 6.70. The molecule has 2 aliphatic heterocycles. The van der Waals surface area contributed by atoms with Gasteiger partial charge in [0.1, 0.15) is 5.52 Å². The van der Waals surface area contributed by atoms with Crippen LogP contribution in [0, 0.1) is 0 Å². The van der Waals surface area contributed by atoms with Crippen molar-refractivity contribution >= 4 is 29.3 Å². The van der Waals surface area contributed by atoms with Gasteiger partial charge >= 0.3 is 0 Å². The summed E-state index contributed by atoms with van der Waals surface area (Å²) in [6.45, 7) is 1.65. The van der Waals surface area contributed by atoms with Gasteiger partial charge in [-0.1, -0.05) is 5.21 Å². The molecule has 0 aliphatic carbocycles. The first kappa shape index (κ1) is 15.2. The Morgan fingerprint density at radius 3 is 2.95 bits per heavy atom. The summed E-state index contributed by atoms with van der Waals surface area (Å²) in [4.78, 5) is 14.7. The van der Waals surface area contributed by atoms with E-state index in [-0.39, 0.29) is 18.3 Å². The van der Waals surface area contributed by atoms with Crippen molar-refractivity contribution in [3.8, 4) is 0 Å². The van der Waals surface area contributed by atoms with Crippen LogP contribution in [0.1, 0.15) is 29.6 Å². The van der Waals surface area contributed by atoms with Gasteiger partial charge in [-0.2, -0.15) is 0 Å². The van der Waals surface area contributed by atoms with Crippen molar-refractivity contribution in [3.63, 3.8) is 0 Å². The Kier molecular flexibility index (Phi) is 4.06. The second-order valence-corrected chi connectivity index (χ2v) is 6.09. The first-order valence-corrected chi connectivity index (χ1v) is 7.55. The maximum absolute atomic E-state index is 12.7. The highest BCUT2D eigenvalue weighted by molar-refractivity contribution is 5.97. The molecule has 2 fully saturated rings. The summed E-state index contributed by atoms with van der Waals surface area (Å²) >= 11 is 0. The number of aryl methyl sites for hydroxylation is 1. The van der Waals surface area contributed by atoms with Gasteiger partial charge in [0.2, 0.25) is 0 Å². The standard InChI is InChI=1S/C15H19N5O.ClH/c1-19-14-5-2-10(8-13(14)17-18-19)15(21)20-7-6-11-3-4-12(9-20)16-11;/h2,5,8,11-12,16H,3-4,6-7,9H2,1H3;1H. The molecule has 0 saturated carbocycles. The van der Waals surface area contributed by atoms with Crippen molar-refractivity contribution in [2.45, 2.75) is 31.3 Å². The van der Waals surface area contributed by atoms with Crippen molar-refractivity contribution < 1.29 is 4.79 Å². The van der Waals surface area contributed by atoms with Crippen molar-refractivity contribution in [2.24, 2.45) is 7.05 Å². The smallest absolute Gasteiger partial charge is 0.253 e. The number of likely N-dealkylation sites (tertiary alicyclic amines) is 1. The molecule has 118 valence electrons. The predicted molar refractivity (Wildman–Crippen MR) is 86.2 cm³/mol. The third-order valence-corrected chi connectivity index (χ3v) is 4.67. The lowest BCUT2D eigenvalue weighted by Gasteiger charge is -2.24. The van der Waals surface area contributed by atoms with E-state index < -0.39 is 0 Å². The molecule has 2 saturated heterocycles. The maximum Gasteiger partial charge on any atom is 0.253 e.